The van der Waals surface area contributed by atoms with Gasteiger partial charge in [-0.3, -0.25) is 4.90 Å². The number of fused-ring (bicyclic) bond motifs is 1. The summed E-state index contributed by atoms with van der Waals surface area (Å²) in [6.45, 7) is 9.06. The third-order valence-electron chi connectivity index (χ3n) is 8.03. The van der Waals surface area contributed by atoms with Crippen molar-refractivity contribution in [3.8, 4) is 22.8 Å². The minimum atomic E-state index is -0.482. The van der Waals surface area contributed by atoms with Gasteiger partial charge in [0.1, 0.15) is 34.9 Å². The minimum Gasteiger partial charge on any atom is -0.457 e. The van der Waals surface area contributed by atoms with Gasteiger partial charge in [-0.25, -0.2) is 19.4 Å². The molecular formula is C32H39N7O3. The Morgan fingerprint density at radius 3 is 2.33 bits per heavy atom. The van der Waals surface area contributed by atoms with E-state index in [0.717, 1.165) is 72.6 Å². The molecule has 0 bridgehead atoms. The number of hydrogen-bond acceptors (Lipinski definition) is 8. The van der Waals surface area contributed by atoms with Crippen molar-refractivity contribution >= 4 is 22.9 Å². The molecule has 0 spiro atoms. The highest BCUT2D eigenvalue weighted by Gasteiger charge is 2.33. The van der Waals surface area contributed by atoms with Crippen LogP contribution in [0.5, 0.6) is 11.5 Å². The smallest absolute Gasteiger partial charge is 0.410 e. The molecule has 10 nitrogen and oxygen atoms in total. The summed E-state index contributed by atoms with van der Waals surface area (Å²) in [5.74, 6) is 1.96. The van der Waals surface area contributed by atoms with Crippen LogP contribution < -0.4 is 10.5 Å². The first-order valence-corrected chi connectivity index (χ1v) is 14.8. The molecule has 1 atom stereocenters. The Balaban J connectivity index is 1.19. The van der Waals surface area contributed by atoms with Crippen LogP contribution in [-0.2, 0) is 4.74 Å². The van der Waals surface area contributed by atoms with E-state index in [2.05, 4.69) is 19.5 Å². The third-order valence-corrected chi connectivity index (χ3v) is 8.03. The van der Waals surface area contributed by atoms with Gasteiger partial charge < -0.3 is 20.1 Å². The first-order valence-electron chi connectivity index (χ1n) is 14.8. The van der Waals surface area contributed by atoms with Gasteiger partial charge in [-0.1, -0.05) is 18.2 Å². The average Bonchev–Trinajstić information content (AvgIpc) is 3.38. The standard InChI is InChI=1S/C32H39N7O3/c1-32(2,3)42-31(40)37-18-15-23(16-19-37)38-17-7-8-24(20-38)39-30-27(29(33)34-21-35-30)28(36-39)22-11-13-26(14-12-22)41-25-9-5-4-6-10-25/h4-6,9-14,21,23-24H,7-8,15-20H2,1-3H3,(H2,33,34,35)/t24-/m1/s1. The van der Waals surface area contributed by atoms with E-state index in [1.54, 1.807) is 0 Å². The molecular weight excluding hydrogens is 530 g/mol. The fourth-order valence-corrected chi connectivity index (χ4v) is 6.01. The molecule has 10 heteroatoms. The zero-order valence-electron chi connectivity index (χ0n) is 24.6. The Labute approximate surface area is 246 Å². The SMILES string of the molecule is CC(C)(C)OC(=O)N1CCC(N2CCC[C@@H](n3nc(-c4ccc(Oc5ccccc5)cc4)c4c(N)ncnc43)C2)CC1. The van der Waals surface area contributed by atoms with Crippen molar-refractivity contribution in [3.05, 3.63) is 60.9 Å². The third kappa shape index (κ3) is 6.04. The molecule has 2 saturated heterocycles. The predicted octanol–water partition coefficient (Wildman–Crippen LogP) is 5.90. The van der Waals surface area contributed by atoms with Gasteiger partial charge >= 0.3 is 6.09 Å². The van der Waals surface area contributed by atoms with E-state index in [0.29, 0.717) is 24.9 Å². The minimum absolute atomic E-state index is 0.161. The van der Waals surface area contributed by atoms with E-state index in [1.165, 1.54) is 6.33 Å². The van der Waals surface area contributed by atoms with Crippen molar-refractivity contribution in [2.24, 2.45) is 0 Å². The predicted molar refractivity (Wildman–Crippen MR) is 162 cm³/mol. The van der Waals surface area contributed by atoms with Crippen LogP contribution in [0.25, 0.3) is 22.3 Å². The van der Waals surface area contributed by atoms with Gasteiger partial charge in [-0.05, 0) is 89.4 Å². The highest BCUT2D eigenvalue weighted by molar-refractivity contribution is 5.98. The first kappa shape index (κ1) is 28.0. The number of piperidine rings is 2. The largest absolute Gasteiger partial charge is 0.457 e. The second kappa shape index (κ2) is 11.6. The second-order valence-corrected chi connectivity index (χ2v) is 12.2. The maximum Gasteiger partial charge on any atom is 0.410 e. The lowest BCUT2D eigenvalue weighted by Crippen LogP contribution is -2.50. The molecule has 6 rings (SSSR count). The number of benzene rings is 2. The number of rotatable bonds is 5. The molecule has 2 aromatic carbocycles. The van der Waals surface area contributed by atoms with Crippen LogP contribution >= 0.6 is 0 Å². The Hall–Kier alpha value is -4.18. The lowest BCUT2D eigenvalue weighted by atomic mass is 9.98. The van der Waals surface area contributed by atoms with Crippen molar-refractivity contribution in [2.45, 2.75) is 64.1 Å². The van der Waals surface area contributed by atoms with Gasteiger partial charge in [0.05, 0.1) is 11.4 Å². The van der Waals surface area contributed by atoms with E-state index < -0.39 is 5.60 Å². The summed E-state index contributed by atoms with van der Waals surface area (Å²) in [6.07, 6.45) is 5.25. The number of nitrogen functional groups attached to an aromatic ring is 1. The Bertz CT molecular complexity index is 1520. The summed E-state index contributed by atoms with van der Waals surface area (Å²) in [7, 11) is 0. The molecule has 2 aromatic heterocycles. The number of ether oxygens (including phenoxy) is 2. The fraction of sp³-hybridized carbons (Fsp3) is 0.438. The lowest BCUT2D eigenvalue weighted by Gasteiger charge is -2.42. The van der Waals surface area contributed by atoms with Crippen molar-refractivity contribution in [1.82, 2.24) is 29.5 Å². The van der Waals surface area contributed by atoms with Crippen LogP contribution in [0.4, 0.5) is 10.6 Å². The molecule has 2 fully saturated rings. The second-order valence-electron chi connectivity index (χ2n) is 12.2. The Morgan fingerprint density at radius 1 is 0.905 bits per heavy atom. The zero-order valence-corrected chi connectivity index (χ0v) is 24.6. The van der Waals surface area contributed by atoms with E-state index in [4.69, 9.17) is 20.3 Å². The monoisotopic (exact) mass is 569 g/mol. The van der Waals surface area contributed by atoms with Gasteiger partial charge in [0.2, 0.25) is 0 Å². The molecule has 2 aliphatic heterocycles. The number of hydrogen-bond donors (Lipinski definition) is 1. The number of carbonyl (C=O) groups excluding carboxylic acids is 1. The van der Waals surface area contributed by atoms with E-state index in [1.807, 2.05) is 80.3 Å². The molecule has 0 radical (unpaired) electrons. The van der Waals surface area contributed by atoms with Gasteiger partial charge in [-0.15, -0.1) is 0 Å². The molecule has 4 aromatic rings. The number of nitrogens with zero attached hydrogens (tertiary/aromatic N) is 6. The van der Waals surface area contributed by atoms with Crippen LogP contribution in [0, 0.1) is 0 Å². The lowest BCUT2D eigenvalue weighted by molar-refractivity contribution is 0.0112. The van der Waals surface area contributed by atoms with Crippen molar-refractivity contribution < 1.29 is 14.3 Å². The highest BCUT2D eigenvalue weighted by atomic mass is 16.6. The van der Waals surface area contributed by atoms with Crippen molar-refractivity contribution in [1.29, 1.82) is 0 Å². The molecule has 4 heterocycles. The summed E-state index contributed by atoms with van der Waals surface area (Å²) in [6, 6.07) is 18.2. The first-order chi connectivity index (χ1) is 20.2. The average molecular weight is 570 g/mol. The topological polar surface area (TPSA) is 112 Å². The maximum atomic E-state index is 12.6. The molecule has 0 unspecified atom stereocenters. The number of nitrogens with two attached hydrogens (primary N) is 1. The molecule has 0 aliphatic carbocycles. The summed E-state index contributed by atoms with van der Waals surface area (Å²) < 4.78 is 13.6. The van der Waals surface area contributed by atoms with Crippen molar-refractivity contribution in [3.63, 3.8) is 0 Å². The highest BCUT2D eigenvalue weighted by Crippen LogP contribution is 2.35. The quantitative estimate of drug-likeness (QED) is 0.316. The number of amides is 1. The van der Waals surface area contributed by atoms with Crippen LogP contribution in [0.1, 0.15) is 52.5 Å². The number of carbonyl (C=O) groups is 1. The molecule has 42 heavy (non-hydrogen) atoms. The van der Waals surface area contributed by atoms with Crippen LogP contribution in [0.15, 0.2) is 60.9 Å². The van der Waals surface area contributed by atoms with Crippen LogP contribution in [0.3, 0.4) is 0 Å². The zero-order chi connectivity index (χ0) is 29.3. The number of anilines is 1. The molecule has 220 valence electrons. The van der Waals surface area contributed by atoms with Crippen molar-refractivity contribution in [2.75, 3.05) is 31.9 Å². The van der Waals surface area contributed by atoms with E-state index >= 15 is 0 Å². The van der Waals surface area contributed by atoms with Gasteiger partial charge in [0.25, 0.3) is 0 Å². The summed E-state index contributed by atoms with van der Waals surface area (Å²) in [4.78, 5) is 25.9. The van der Waals surface area contributed by atoms with Gasteiger partial charge in [0.15, 0.2) is 5.65 Å². The molecule has 2 N–H and O–H groups in total. The summed E-state index contributed by atoms with van der Waals surface area (Å²) in [5.41, 5.74) is 8.39. The van der Waals surface area contributed by atoms with Crippen LogP contribution in [-0.4, -0.2) is 73.5 Å². The molecule has 1 amide bonds. The number of likely N-dealkylation sites (tertiary alicyclic amines) is 2. The van der Waals surface area contributed by atoms with E-state index in [-0.39, 0.29) is 12.1 Å². The summed E-state index contributed by atoms with van der Waals surface area (Å²) >= 11 is 0. The van der Waals surface area contributed by atoms with E-state index in [9.17, 15) is 4.79 Å². The maximum absolute atomic E-state index is 12.6. The normalized spacial score (nSPS) is 18.7. The fourth-order valence-electron chi connectivity index (χ4n) is 6.01. The summed E-state index contributed by atoms with van der Waals surface area (Å²) in [5, 5.41) is 5.88. The Kier molecular flexibility index (Phi) is 7.72. The van der Waals surface area contributed by atoms with Gasteiger partial charge in [0, 0.05) is 31.2 Å². The molecule has 2 aliphatic rings. The number of aromatic nitrogens is 4. The Morgan fingerprint density at radius 2 is 1.62 bits per heavy atom. The van der Waals surface area contributed by atoms with Crippen LogP contribution in [0.2, 0.25) is 0 Å². The molecule has 0 saturated carbocycles. The number of para-hydroxylation sites is 1. The van der Waals surface area contributed by atoms with Gasteiger partial charge in [-0.2, -0.15) is 5.10 Å².